The summed E-state index contributed by atoms with van der Waals surface area (Å²) in [5.74, 6) is -0.365. The number of carbonyl (C=O) groups excluding carboxylic acids is 2. The average molecular weight is 346 g/mol. The summed E-state index contributed by atoms with van der Waals surface area (Å²) in [4.78, 5) is 33.0. The molecule has 0 aliphatic rings. The number of urea groups is 1. The maximum Gasteiger partial charge on any atom is 0.321 e. The maximum absolute atomic E-state index is 12.2. The number of aromatic nitrogens is 2. The highest BCUT2D eigenvalue weighted by atomic mass is 32.2. The zero-order valence-electron chi connectivity index (χ0n) is 14.5. The Morgan fingerprint density at radius 3 is 2.29 bits per heavy atom. The summed E-state index contributed by atoms with van der Waals surface area (Å²) >= 11 is 1.29. The van der Waals surface area contributed by atoms with Gasteiger partial charge in [0.2, 0.25) is 5.91 Å². The minimum absolute atomic E-state index is 0.365. The lowest BCUT2D eigenvalue weighted by molar-refractivity contribution is -0.119. The summed E-state index contributed by atoms with van der Waals surface area (Å²) in [5.41, 5.74) is 1.96. The number of benzene rings is 1. The molecule has 6 nitrogen and oxygen atoms in total. The number of hydrogen-bond acceptors (Lipinski definition) is 5. The number of nitrogens with zero attached hydrogens (tertiary/aromatic N) is 2. The lowest BCUT2D eigenvalue weighted by Gasteiger charge is -2.21. The number of hydrogen-bond donors (Lipinski definition) is 2. The molecule has 3 amide bonds. The molecular weight excluding hydrogens is 324 g/mol. The van der Waals surface area contributed by atoms with Crippen LogP contribution in [-0.2, 0) is 4.79 Å². The van der Waals surface area contributed by atoms with E-state index in [1.165, 1.54) is 11.8 Å². The quantitative estimate of drug-likeness (QED) is 0.835. The van der Waals surface area contributed by atoms with Gasteiger partial charge in [0.25, 0.3) is 0 Å². The van der Waals surface area contributed by atoms with Crippen LogP contribution in [0.25, 0.3) is 11.0 Å². The van der Waals surface area contributed by atoms with Gasteiger partial charge in [-0.1, -0.05) is 23.9 Å². The molecule has 24 heavy (non-hydrogen) atoms. The number of fused-ring (bicyclic) bond motifs is 1. The SMILES string of the molecule is Cc1nc2ccccc2nc1SC(C)C(=O)NC(=O)NC(C)(C)C. The predicted octanol–water partition coefficient (Wildman–Crippen LogP) is 3.04. The van der Waals surface area contributed by atoms with Gasteiger partial charge in [-0.3, -0.25) is 10.1 Å². The first-order valence-corrected chi connectivity index (χ1v) is 8.57. The van der Waals surface area contributed by atoms with Crippen molar-refractivity contribution in [3.8, 4) is 0 Å². The molecule has 7 heteroatoms. The van der Waals surface area contributed by atoms with E-state index < -0.39 is 16.8 Å². The van der Waals surface area contributed by atoms with Crippen molar-refractivity contribution in [2.75, 3.05) is 0 Å². The Morgan fingerprint density at radius 2 is 1.71 bits per heavy atom. The van der Waals surface area contributed by atoms with Crippen molar-refractivity contribution in [2.24, 2.45) is 0 Å². The van der Waals surface area contributed by atoms with Gasteiger partial charge in [-0.05, 0) is 46.8 Å². The lowest BCUT2D eigenvalue weighted by atomic mass is 10.1. The van der Waals surface area contributed by atoms with E-state index >= 15 is 0 Å². The molecule has 0 aliphatic heterocycles. The van der Waals surface area contributed by atoms with E-state index in [1.807, 2.05) is 52.0 Å². The van der Waals surface area contributed by atoms with Crippen LogP contribution in [0.3, 0.4) is 0 Å². The van der Waals surface area contributed by atoms with Gasteiger partial charge in [-0.2, -0.15) is 0 Å². The summed E-state index contributed by atoms with van der Waals surface area (Å²) in [5, 5.41) is 5.27. The predicted molar refractivity (Wildman–Crippen MR) is 96.0 cm³/mol. The minimum atomic E-state index is -0.499. The molecule has 1 aromatic carbocycles. The van der Waals surface area contributed by atoms with Crippen LogP contribution in [-0.4, -0.2) is 32.7 Å². The van der Waals surface area contributed by atoms with Gasteiger partial charge in [0.05, 0.1) is 22.0 Å². The summed E-state index contributed by atoms with van der Waals surface area (Å²) in [6.45, 7) is 9.15. The smallest absolute Gasteiger partial charge is 0.321 e. The van der Waals surface area contributed by atoms with Gasteiger partial charge in [0.1, 0.15) is 5.03 Å². The van der Waals surface area contributed by atoms with Gasteiger partial charge in [0.15, 0.2) is 0 Å². The molecule has 1 unspecified atom stereocenters. The first-order valence-electron chi connectivity index (χ1n) is 7.69. The van der Waals surface area contributed by atoms with Gasteiger partial charge in [-0.15, -0.1) is 0 Å². The monoisotopic (exact) mass is 346 g/mol. The third-order valence-electron chi connectivity index (χ3n) is 3.08. The van der Waals surface area contributed by atoms with E-state index in [0.717, 1.165) is 16.7 Å². The molecule has 128 valence electrons. The lowest BCUT2D eigenvalue weighted by Crippen LogP contribution is -2.49. The molecule has 2 aromatic rings. The van der Waals surface area contributed by atoms with E-state index in [2.05, 4.69) is 20.6 Å². The second-order valence-corrected chi connectivity index (χ2v) is 7.89. The number of rotatable bonds is 3. The second-order valence-electron chi connectivity index (χ2n) is 6.56. The largest absolute Gasteiger partial charge is 0.333 e. The summed E-state index contributed by atoms with van der Waals surface area (Å²) in [7, 11) is 0. The van der Waals surface area contributed by atoms with Crippen molar-refractivity contribution in [3.63, 3.8) is 0 Å². The number of nitrogens with one attached hydrogen (secondary N) is 2. The fraction of sp³-hybridized carbons (Fsp3) is 0.412. The number of para-hydroxylation sites is 2. The van der Waals surface area contributed by atoms with Crippen LogP contribution in [0.4, 0.5) is 4.79 Å². The van der Waals surface area contributed by atoms with Crippen LogP contribution in [0.2, 0.25) is 0 Å². The van der Waals surface area contributed by atoms with Crippen molar-refractivity contribution in [1.29, 1.82) is 0 Å². The van der Waals surface area contributed by atoms with Crippen LogP contribution in [0.1, 0.15) is 33.4 Å². The minimum Gasteiger partial charge on any atom is -0.333 e. The zero-order chi connectivity index (χ0) is 17.9. The molecule has 2 rings (SSSR count). The molecule has 2 N–H and O–H groups in total. The zero-order valence-corrected chi connectivity index (χ0v) is 15.3. The summed E-state index contributed by atoms with van der Waals surface area (Å²) in [6.07, 6.45) is 0. The Kier molecular flexibility index (Phi) is 5.43. The van der Waals surface area contributed by atoms with Gasteiger partial charge < -0.3 is 5.32 Å². The Morgan fingerprint density at radius 1 is 1.12 bits per heavy atom. The topological polar surface area (TPSA) is 84.0 Å². The molecular formula is C17H22N4O2S. The molecule has 0 saturated carbocycles. The number of carbonyl (C=O) groups is 2. The molecule has 0 spiro atoms. The van der Waals surface area contributed by atoms with Crippen molar-refractivity contribution < 1.29 is 9.59 Å². The van der Waals surface area contributed by atoms with Crippen molar-refractivity contribution in [1.82, 2.24) is 20.6 Å². The van der Waals surface area contributed by atoms with E-state index in [9.17, 15) is 9.59 Å². The standard InChI is InChI=1S/C17H22N4O2S/c1-10-15(19-13-9-7-6-8-12(13)18-10)24-11(2)14(22)20-16(23)21-17(3,4)5/h6-9,11H,1-5H3,(H2,20,21,22,23). The van der Waals surface area contributed by atoms with Crippen LogP contribution in [0.15, 0.2) is 29.3 Å². The fourth-order valence-corrected chi connectivity index (χ4v) is 2.86. The van der Waals surface area contributed by atoms with Gasteiger partial charge in [0, 0.05) is 5.54 Å². The Hall–Kier alpha value is -2.15. The first-order chi connectivity index (χ1) is 11.2. The average Bonchev–Trinajstić information content (AvgIpc) is 2.45. The van der Waals surface area contributed by atoms with E-state index in [0.29, 0.717) is 5.03 Å². The van der Waals surface area contributed by atoms with Gasteiger partial charge in [-0.25, -0.2) is 14.8 Å². The first kappa shape index (κ1) is 18.2. The molecule has 1 aromatic heterocycles. The number of amides is 3. The Balaban J connectivity index is 2.06. The van der Waals surface area contributed by atoms with E-state index in [1.54, 1.807) is 6.92 Å². The van der Waals surface area contributed by atoms with E-state index in [-0.39, 0.29) is 5.91 Å². The van der Waals surface area contributed by atoms with Crippen molar-refractivity contribution >= 4 is 34.7 Å². The molecule has 0 radical (unpaired) electrons. The third-order valence-corrected chi connectivity index (χ3v) is 4.26. The third kappa shape index (κ3) is 4.92. The Labute approximate surface area is 145 Å². The number of imide groups is 1. The highest BCUT2D eigenvalue weighted by molar-refractivity contribution is 8.00. The highest BCUT2D eigenvalue weighted by Crippen LogP contribution is 2.25. The van der Waals surface area contributed by atoms with Crippen LogP contribution in [0, 0.1) is 6.92 Å². The second kappa shape index (κ2) is 7.17. The maximum atomic E-state index is 12.2. The van der Waals surface area contributed by atoms with Crippen LogP contribution in [0.5, 0.6) is 0 Å². The Bertz CT molecular complexity index is 771. The van der Waals surface area contributed by atoms with Crippen LogP contribution >= 0.6 is 11.8 Å². The normalized spacial score (nSPS) is 12.7. The van der Waals surface area contributed by atoms with Crippen LogP contribution < -0.4 is 10.6 Å². The molecule has 1 heterocycles. The fourth-order valence-electron chi connectivity index (χ4n) is 1.99. The molecule has 1 atom stereocenters. The van der Waals surface area contributed by atoms with E-state index in [4.69, 9.17) is 0 Å². The molecule has 0 bridgehead atoms. The van der Waals surface area contributed by atoms with Crippen molar-refractivity contribution in [3.05, 3.63) is 30.0 Å². The molecule has 0 saturated heterocycles. The number of thioether (sulfide) groups is 1. The number of aryl methyl sites for hydroxylation is 1. The summed E-state index contributed by atoms with van der Waals surface area (Å²) in [6, 6.07) is 7.09. The van der Waals surface area contributed by atoms with Crippen molar-refractivity contribution in [2.45, 2.75) is 50.4 Å². The highest BCUT2D eigenvalue weighted by Gasteiger charge is 2.21. The summed E-state index contributed by atoms with van der Waals surface area (Å²) < 4.78 is 0. The van der Waals surface area contributed by atoms with Gasteiger partial charge >= 0.3 is 6.03 Å². The molecule has 0 aliphatic carbocycles. The molecule has 0 fully saturated rings.